The highest BCUT2D eigenvalue weighted by molar-refractivity contribution is 6.30. The molecule has 1 saturated heterocycles. The number of esters is 1. The second-order valence-electron chi connectivity index (χ2n) is 6.66. The van der Waals surface area contributed by atoms with E-state index in [1.165, 1.54) is 6.08 Å². The molecule has 0 aromatic heterocycles. The zero-order valence-corrected chi connectivity index (χ0v) is 17.0. The van der Waals surface area contributed by atoms with Crippen molar-refractivity contribution < 1.29 is 19.1 Å². The zero-order chi connectivity index (χ0) is 21.3. The first-order valence-corrected chi connectivity index (χ1v) is 9.88. The van der Waals surface area contributed by atoms with Crippen LogP contribution in [0.15, 0.2) is 60.7 Å². The van der Waals surface area contributed by atoms with Crippen LogP contribution in [0.2, 0.25) is 5.02 Å². The Balaban J connectivity index is 1.39. The molecule has 156 valence electrons. The van der Waals surface area contributed by atoms with Crippen LogP contribution in [-0.2, 0) is 14.3 Å². The first kappa shape index (κ1) is 21.4. The Labute approximate surface area is 179 Å². The molecule has 0 saturated carbocycles. The van der Waals surface area contributed by atoms with E-state index in [0.29, 0.717) is 31.2 Å². The Hall–Kier alpha value is -3.32. The number of piperazine rings is 1. The monoisotopic (exact) mass is 427 g/mol. The van der Waals surface area contributed by atoms with Gasteiger partial charge in [-0.15, -0.1) is 0 Å². The highest BCUT2D eigenvalue weighted by Crippen LogP contribution is 2.11. The van der Waals surface area contributed by atoms with Gasteiger partial charge in [0.2, 0.25) is 0 Å². The third-order valence-electron chi connectivity index (χ3n) is 4.56. The van der Waals surface area contributed by atoms with E-state index in [4.69, 9.17) is 16.3 Å². The highest BCUT2D eigenvalue weighted by atomic mass is 35.5. The smallest absolute Gasteiger partial charge is 0.331 e. The van der Waals surface area contributed by atoms with Crippen LogP contribution in [0.4, 0.5) is 10.5 Å². The summed E-state index contributed by atoms with van der Waals surface area (Å²) in [6.45, 7) is 1.27. The molecular formula is C22H22ClN3O4. The molecule has 1 aliphatic heterocycles. The second-order valence-corrected chi connectivity index (χ2v) is 7.09. The Morgan fingerprint density at radius 3 is 2.23 bits per heavy atom. The van der Waals surface area contributed by atoms with Gasteiger partial charge in [0.25, 0.3) is 5.91 Å². The number of carbonyl (C=O) groups is 3. The number of urea groups is 1. The maximum Gasteiger partial charge on any atom is 0.331 e. The molecule has 1 N–H and O–H groups in total. The standard InChI is InChI=1S/C22H22ClN3O4/c23-18-9-6-17(7-10-18)8-11-21(28)30-16-20(27)25-12-14-26(15-13-25)22(29)24-19-4-2-1-3-5-19/h1-11H,12-16H2,(H,24,29)/b11-8+. The summed E-state index contributed by atoms with van der Waals surface area (Å²) in [6, 6.07) is 16.0. The number of hydrogen-bond donors (Lipinski definition) is 1. The summed E-state index contributed by atoms with van der Waals surface area (Å²) < 4.78 is 5.02. The third kappa shape index (κ3) is 6.35. The minimum atomic E-state index is -0.598. The fourth-order valence-corrected chi connectivity index (χ4v) is 3.02. The molecule has 3 amide bonds. The van der Waals surface area contributed by atoms with Gasteiger partial charge in [0.15, 0.2) is 6.61 Å². The summed E-state index contributed by atoms with van der Waals surface area (Å²) in [5.41, 5.74) is 1.52. The van der Waals surface area contributed by atoms with Gasteiger partial charge in [-0.1, -0.05) is 41.9 Å². The molecule has 0 unspecified atom stereocenters. The van der Waals surface area contributed by atoms with Crippen molar-refractivity contribution in [1.29, 1.82) is 0 Å². The number of halogens is 1. The Kier molecular flexibility index (Phi) is 7.45. The first-order chi connectivity index (χ1) is 14.5. The van der Waals surface area contributed by atoms with Crippen LogP contribution < -0.4 is 5.32 Å². The van der Waals surface area contributed by atoms with Crippen LogP contribution in [0.1, 0.15) is 5.56 Å². The lowest BCUT2D eigenvalue weighted by Gasteiger charge is -2.34. The van der Waals surface area contributed by atoms with E-state index < -0.39 is 5.97 Å². The normalized spacial score (nSPS) is 13.9. The maximum atomic E-state index is 12.3. The molecule has 0 spiro atoms. The highest BCUT2D eigenvalue weighted by Gasteiger charge is 2.24. The number of nitrogens with one attached hydrogen (secondary N) is 1. The second kappa shape index (κ2) is 10.5. The molecule has 8 heteroatoms. The average Bonchev–Trinajstić information content (AvgIpc) is 2.78. The number of ether oxygens (including phenoxy) is 1. The average molecular weight is 428 g/mol. The van der Waals surface area contributed by atoms with Gasteiger partial charge in [-0.05, 0) is 35.9 Å². The summed E-state index contributed by atoms with van der Waals surface area (Å²) in [5, 5.41) is 3.43. The summed E-state index contributed by atoms with van der Waals surface area (Å²) in [6.07, 6.45) is 2.86. The molecular weight excluding hydrogens is 406 g/mol. The molecule has 2 aromatic carbocycles. The van der Waals surface area contributed by atoms with Gasteiger partial charge in [-0.25, -0.2) is 9.59 Å². The van der Waals surface area contributed by atoms with Gasteiger partial charge in [0.1, 0.15) is 0 Å². The molecule has 0 atom stereocenters. The number of benzene rings is 2. The number of amides is 3. The molecule has 1 fully saturated rings. The molecule has 0 radical (unpaired) electrons. The lowest BCUT2D eigenvalue weighted by molar-refractivity contribution is -0.148. The molecule has 1 heterocycles. The number of hydrogen-bond acceptors (Lipinski definition) is 4. The minimum absolute atomic E-state index is 0.202. The summed E-state index contributed by atoms with van der Waals surface area (Å²) in [5.74, 6) is -0.884. The maximum absolute atomic E-state index is 12.3. The molecule has 2 aromatic rings. The minimum Gasteiger partial charge on any atom is -0.452 e. The topological polar surface area (TPSA) is 79.0 Å². The van der Waals surface area contributed by atoms with Crippen LogP contribution in [0.5, 0.6) is 0 Å². The van der Waals surface area contributed by atoms with Crippen LogP contribution in [0, 0.1) is 0 Å². The van der Waals surface area contributed by atoms with E-state index in [9.17, 15) is 14.4 Å². The van der Waals surface area contributed by atoms with Crippen molar-refractivity contribution in [3.8, 4) is 0 Å². The van der Waals surface area contributed by atoms with E-state index in [1.54, 1.807) is 40.1 Å². The van der Waals surface area contributed by atoms with Crippen molar-refractivity contribution in [2.24, 2.45) is 0 Å². The first-order valence-electron chi connectivity index (χ1n) is 9.50. The summed E-state index contributed by atoms with van der Waals surface area (Å²) >= 11 is 5.81. The lowest BCUT2D eigenvalue weighted by atomic mass is 10.2. The van der Waals surface area contributed by atoms with E-state index in [-0.39, 0.29) is 18.5 Å². The van der Waals surface area contributed by atoms with Crippen LogP contribution in [0.3, 0.4) is 0 Å². The quantitative estimate of drug-likeness (QED) is 0.586. The zero-order valence-electron chi connectivity index (χ0n) is 16.3. The number of para-hydroxylation sites is 1. The summed E-state index contributed by atoms with van der Waals surface area (Å²) in [7, 11) is 0. The van der Waals surface area contributed by atoms with E-state index in [0.717, 1.165) is 11.3 Å². The van der Waals surface area contributed by atoms with Crippen molar-refractivity contribution in [2.45, 2.75) is 0 Å². The van der Waals surface area contributed by atoms with Gasteiger partial charge in [-0.3, -0.25) is 4.79 Å². The SMILES string of the molecule is O=C(/C=C/c1ccc(Cl)cc1)OCC(=O)N1CCN(C(=O)Nc2ccccc2)CC1. The fourth-order valence-electron chi connectivity index (χ4n) is 2.89. The number of rotatable bonds is 5. The van der Waals surface area contributed by atoms with Crippen LogP contribution in [0.25, 0.3) is 6.08 Å². The molecule has 3 rings (SSSR count). The van der Waals surface area contributed by atoms with Gasteiger partial charge in [0.05, 0.1) is 0 Å². The van der Waals surface area contributed by atoms with Crippen molar-refractivity contribution in [3.05, 3.63) is 71.3 Å². The van der Waals surface area contributed by atoms with Crippen LogP contribution in [-0.4, -0.2) is 60.5 Å². The van der Waals surface area contributed by atoms with Gasteiger partial charge >= 0.3 is 12.0 Å². The van der Waals surface area contributed by atoms with Gasteiger partial charge < -0.3 is 19.9 Å². The van der Waals surface area contributed by atoms with Gasteiger partial charge in [-0.2, -0.15) is 0 Å². The predicted octanol–water partition coefficient (Wildman–Crippen LogP) is 3.27. The largest absolute Gasteiger partial charge is 0.452 e. The molecule has 1 aliphatic rings. The molecule has 30 heavy (non-hydrogen) atoms. The third-order valence-corrected chi connectivity index (χ3v) is 4.82. The Morgan fingerprint density at radius 2 is 1.57 bits per heavy atom. The van der Waals surface area contributed by atoms with Crippen molar-refractivity contribution in [2.75, 3.05) is 38.1 Å². The van der Waals surface area contributed by atoms with Crippen molar-refractivity contribution in [1.82, 2.24) is 9.80 Å². The predicted molar refractivity (Wildman–Crippen MR) is 115 cm³/mol. The number of nitrogens with zero attached hydrogens (tertiary/aromatic N) is 2. The van der Waals surface area contributed by atoms with Crippen molar-refractivity contribution in [3.63, 3.8) is 0 Å². The van der Waals surface area contributed by atoms with Crippen LogP contribution >= 0.6 is 11.6 Å². The van der Waals surface area contributed by atoms with E-state index in [2.05, 4.69) is 5.32 Å². The van der Waals surface area contributed by atoms with E-state index >= 15 is 0 Å². The lowest BCUT2D eigenvalue weighted by Crippen LogP contribution is -2.52. The fraction of sp³-hybridized carbons (Fsp3) is 0.227. The molecule has 0 aliphatic carbocycles. The number of anilines is 1. The Bertz CT molecular complexity index is 908. The van der Waals surface area contributed by atoms with Gasteiger partial charge in [0, 0.05) is 43.0 Å². The molecule has 0 bridgehead atoms. The molecule has 7 nitrogen and oxygen atoms in total. The Morgan fingerprint density at radius 1 is 0.933 bits per heavy atom. The number of carbonyl (C=O) groups excluding carboxylic acids is 3. The van der Waals surface area contributed by atoms with Crippen molar-refractivity contribution >= 4 is 41.3 Å². The summed E-state index contributed by atoms with van der Waals surface area (Å²) in [4.78, 5) is 39.6. The van der Waals surface area contributed by atoms with E-state index in [1.807, 2.05) is 30.3 Å².